The zero-order valence-corrected chi connectivity index (χ0v) is 11.7. The first-order valence-corrected chi connectivity index (χ1v) is 6.12. The van der Waals surface area contributed by atoms with Gasteiger partial charge in [-0.05, 0) is 25.7 Å². The molecule has 0 bridgehead atoms. The Balaban J connectivity index is 2.51. The van der Waals surface area contributed by atoms with E-state index in [0.717, 1.165) is 13.0 Å². The molecule has 0 aliphatic carbocycles. The summed E-state index contributed by atoms with van der Waals surface area (Å²) < 4.78 is 1.73. The van der Waals surface area contributed by atoms with Crippen molar-refractivity contribution in [2.45, 2.75) is 53.1 Å². The summed E-state index contributed by atoms with van der Waals surface area (Å²) in [6.45, 7) is 15.8. The van der Waals surface area contributed by atoms with Crippen molar-refractivity contribution >= 4 is 6.20 Å². The maximum absolute atomic E-state index is 4.17. The fourth-order valence-corrected chi connectivity index (χ4v) is 2.30. The van der Waals surface area contributed by atoms with Crippen molar-refractivity contribution in [3.63, 3.8) is 0 Å². The number of aromatic nitrogens is 2. The Morgan fingerprint density at radius 2 is 2.00 bits per heavy atom. The van der Waals surface area contributed by atoms with Crippen LogP contribution in [-0.2, 0) is 6.54 Å². The molecule has 1 heterocycles. The third-order valence-electron chi connectivity index (χ3n) is 2.59. The molecule has 0 saturated heterocycles. The van der Waals surface area contributed by atoms with Gasteiger partial charge in [-0.1, -0.05) is 27.4 Å². The predicted octanol–water partition coefficient (Wildman–Crippen LogP) is 3.29. The number of rotatable bonds is 5. The van der Waals surface area contributed by atoms with E-state index >= 15 is 0 Å². The van der Waals surface area contributed by atoms with Gasteiger partial charge in [-0.2, -0.15) is 5.10 Å². The highest BCUT2D eigenvalue weighted by Crippen LogP contribution is 2.26. The molecule has 1 aromatic heterocycles. The molecule has 0 atom stereocenters. The molecule has 0 aliphatic rings. The van der Waals surface area contributed by atoms with Gasteiger partial charge in [0, 0.05) is 30.0 Å². The van der Waals surface area contributed by atoms with Gasteiger partial charge in [0.2, 0.25) is 0 Å². The molecule has 0 amide bonds. The van der Waals surface area contributed by atoms with E-state index in [1.165, 1.54) is 5.56 Å². The van der Waals surface area contributed by atoms with Gasteiger partial charge in [0.25, 0.3) is 0 Å². The molecule has 0 aliphatic heterocycles. The van der Waals surface area contributed by atoms with Crippen molar-refractivity contribution in [1.82, 2.24) is 15.1 Å². The number of nitrogens with one attached hydrogen (secondary N) is 1. The fraction of sp³-hybridized carbons (Fsp3) is 0.643. The minimum absolute atomic E-state index is 0.133. The second-order valence-electron chi connectivity index (χ2n) is 6.49. The zero-order valence-electron chi connectivity index (χ0n) is 11.7. The number of hydrogen-bond donors (Lipinski definition) is 1. The fourth-order valence-electron chi connectivity index (χ4n) is 2.30. The van der Waals surface area contributed by atoms with Gasteiger partial charge in [0.1, 0.15) is 0 Å². The molecule has 0 spiro atoms. The van der Waals surface area contributed by atoms with Crippen LogP contribution in [0.4, 0.5) is 0 Å². The average Bonchev–Trinajstić information content (AvgIpc) is 2.58. The van der Waals surface area contributed by atoms with E-state index in [1.807, 2.05) is 12.4 Å². The van der Waals surface area contributed by atoms with E-state index in [0.29, 0.717) is 5.41 Å². The van der Waals surface area contributed by atoms with E-state index in [4.69, 9.17) is 0 Å². The SMILES string of the molecule is C=Cn1cc(CNC(C)(C)CC(C)(C)C)cn1. The van der Waals surface area contributed by atoms with Gasteiger partial charge >= 0.3 is 0 Å². The molecular weight excluding hydrogens is 210 g/mol. The Labute approximate surface area is 105 Å². The quantitative estimate of drug-likeness (QED) is 0.848. The van der Waals surface area contributed by atoms with Crippen LogP contribution in [0.25, 0.3) is 6.20 Å². The van der Waals surface area contributed by atoms with Crippen molar-refractivity contribution in [3.8, 4) is 0 Å². The van der Waals surface area contributed by atoms with Crippen molar-refractivity contribution < 1.29 is 0 Å². The minimum atomic E-state index is 0.133. The Morgan fingerprint density at radius 3 is 2.47 bits per heavy atom. The third kappa shape index (κ3) is 5.18. The van der Waals surface area contributed by atoms with E-state index in [9.17, 15) is 0 Å². The van der Waals surface area contributed by atoms with Gasteiger partial charge in [0.15, 0.2) is 0 Å². The average molecular weight is 235 g/mol. The molecule has 96 valence electrons. The molecule has 1 rings (SSSR count). The zero-order chi connectivity index (χ0) is 13.1. The van der Waals surface area contributed by atoms with Gasteiger partial charge < -0.3 is 5.32 Å². The highest BCUT2D eigenvalue weighted by atomic mass is 15.2. The van der Waals surface area contributed by atoms with Gasteiger partial charge in [-0.15, -0.1) is 0 Å². The molecule has 0 unspecified atom stereocenters. The number of nitrogens with zero attached hydrogens (tertiary/aromatic N) is 2. The summed E-state index contributed by atoms with van der Waals surface area (Å²) in [5.74, 6) is 0. The van der Waals surface area contributed by atoms with Crippen LogP contribution < -0.4 is 5.32 Å². The Morgan fingerprint density at radius 1 is 1.35 bits per heavy atom. The second-order valence-corrected chi connectivity index (χ2v) is 6.49. The predicted molar refractivity (Wildman–Crippen MR) is 73.6 cm³/mol. The molecule has 17 heavy (non-hydrogen) atoms. The van der Waals surface area contributed by atoms with E-state index < -0.39 is 0 Å². The smallest absolute Gasteiger partial charge is 0.0538 e. The molecule has 1 N–H and O–H groups in total. The Kier molecular flexibility index (Phi) is 4.15. The van der Waals surface area contributed by atoms with Crippen LogP contribution in [0.3, 0.4) is 0 Å². The lowest BCUT2D eigenvalue weighted by Gasteiger charge is -2.33. The summed E-state index contributed by atoms with van der Waals surface area (Å²) in [4.78, 5) is 0. The lowest BCUT2D eigenvalue weighted by Crippen LogP contribution is -2.41. The minimum Gasteiger partial charge on any atom is -0.308 e. The highest BCUT2D eigenvalue weighted by Gasteiger charge is 2.24. The van der Waals surface area contributed by atoms with Crippen molar-refractivity contribution in [2.75, 3.05) is 0 Å². The Bertz CT molecular complexity index is 369. The standard InChI is InChI=1S/C14H25N3/c1-7-17-10-12(9-16-17)8-15-14(5,6)11-13(2,3)4/h7,9-10,15H,1,8,11H2,2-6H3. The summed E-state index contributed by atoms with van der Waals surface area (Å²) >= 11 is 0. The van der Waals surface area contributed by atoms with E-state index in [2.05, 4.69) is 51.6 Å². The summed E-state index contributed by atoms with van der Waals surface area (Å²) in [6, 6.07) is 0. The topological polar surface area (TPSA) is 29.9 Å². The van der Waals surface area contributed by atoms with Gasteiger partial charge in [-0.25, -0.2) is 4.68 Å². The first-order valence-electron chi connectivity index (χ1n) is 6.12. The monoisotopic (exact) mass is 235 g/mol. The maximum atomic E-state index is 4.17. The molecular formula is C14H25N3. The van der Waals surface area contributed by atoms with Crippen molar-refractivity contribution in [1.29, 1.82) is 0 Å². The van der Waals surface area contributed by atoms with Gasteiger partial charge in [-0.3, -0.25) is 0 Å². The maximum Gasteiger partial charge on any atom is 0.0538 e. The van der Waals surface area contributed by atoms with Crippen LogP contribution in [0.5, 0.6) is 0 Å². The molecule has 0 saturated carbocycles. The third-order valence-corrected chi connectivity index (χ3v) is 2.59. The molecule has 0 aromatic carbocycles. The van der Waals surface area contributed by atoms with Crippen LogP contribution in [0, 0.1) is 5.41 Å². The summed E-state index contributed by atoms with van der Waals surface area (Å²) in [7, 11) is 0. The lowest BCUT2D eigenvalue weighted by atomic mass is 9.82. The molecule has 3 heteroatoms. The molecule has 3 nitrogen and oxygen atoms in total. The normalized spacial score (nSPS) is 12.8. The Hall–Kier alpha value is -1.09. The van der Waals surface area contributed by atoms with Gasteiger partial charge in [0.05, 0.1) is 6.20 Å². The van der Waals surface area contributed by atoms with Crippen LogP contribution in [-0.4, -0.2) is 15.3 Å². The van der Waals surface area contributed by atoms with E-state index in [-0.39, 0.29) is 5.54 Å². The summed E-state index contributed by atoms with van der Waals surface area (Å²) in [6.07, 6.45) is 6.70. The summed E-state index contributed by atoms with van der Waals surface area (Å²) in [5, 5.41) is 7.75. The molecule has 1 aromatic rings. The van der Waals surface area contributed by atoms with Crippen LogP contribution in [0.1, 0.15) is 46.6 Å². The summed E-state index contributed by atoms with van der Waals surface area (Å²) in [5.41, 5.74) is 1.66. The van der Waals surface area contributed by atoms with Crippen LogP contribution >= 0.6 is 0 Å². The lowest BCUT2D eigenvalue weighted by molar-refractivity contribution is 0.241. The largest absolute Gasteiger partial charge is 0.308 e. The second kappa shape index (κ2) is 5.05. The van der Waals surface area contributed by atoms with Crippen molar-refractivity contribution in [2.24, 2.45) is 5.41 Å². The highest BCUT2D eigenvalue weighted by molar-refractivity contribution is 5.17. The molecule has 0 radical (unpaired) electrons. The van der Waals surface area contributed by atoms with E-state index in [1.54, 1.807) is 10.9 Å². The van der Waals surface area contributed by atoms with Crippen molar-refractivity contribution in [3.05, 3.63) is 24.5 Å². The molecule has 0 fully saturated rings. The first kappa shape index (κ1) is 14.0. The van der Waals surface area contributed by atoms with Crippen LogP contribution in [0.2, 0.25) is 0 Å². The number of hydrogen-bond acceptors (Lipinski definition) is 2. The van der Waals surface area contributed by atoms with Crippen LogP contribution in [0.15, 0.2) is 19.0 Å². The first-order chi connectivity index (χ1) is 7.72.